The Morgan fingerprint density at radius 2 is 1.85 bits per heavy atom. The standard InChI is InChI=1S/C14H19BrN2O3/c1-19-12-7-16(8-13(12)20-2)14(18)11-5-9(15)6-17(11)10-3-4-10/h5-6,10,12-13H,3-4,7-8H2,1-2H3. The molecular weight excluding hydrogens is 324 g/mol. The van der Waals surface area contributed by atoms with Gasteiger partial charge in [0.2, 0.25) is 0 Å². The van der Waals surface area contributed by atoms with Gasteiger partial charge in [0, 0.05) is 44.0 Å². The molecule has 2 unspecified atom stereocenters. The number of aromatic nitrogens is 1. The van der Waals surface area contributed by atoms with Crippen molar-refractivity contribution in [1.82, 2.24) is 9.47 Å². The van der Waals surface area contributed by atoms with Gasteiger partial charge in [0.1, 0.15) is 17.9 Å². The maximum absolute atomic E-state index is 12.7. The first kappa shape index (κ1) is 14.1. The molecule has 20 heavy (non-hydrogen) atoms. The molecule has 110 valence electrons. The van der Waals surface area contributed by atoms with Gasteiger partial charge < -0.3 is 18.9 Å². The molecule has 0 bridgehead atoms. The summed E-state index contributed by atoms with van der Waals surface area (Å²) in [6.07, 6.45) is 4.22. The fraction of sp³-hybridized carbons (Fsp3) is 0.643. The van der Waals surface area contributed by atoms with E-state index < -0.39 is 0 Å². The lowest BCUT2D eigenvalue weighted by molar-refractivity contribution is -0.00461. The third-order valence-corrected chi connectivity index (χ3v) is 4.52. The number of carbonyl (C=O) groups is 1. The first-order chi connectivity index (χ1) is 9.63. The van der Waals surface area contributed by atoms with Crippen molar-refractivity contribution < 1.29 is 14.3 Å². The van der Waals surface area contributed by atoms with Crippen LogP contribution in [0.5, 0.6) is 0 Å². The Kier molecular flexibility index (Phi) is 3.88. The topological polar surface area (TPSA) is 43.7 Å². The minimum atomic E-state index is -0.0447. The highest BCUT2D eigenvalue weighted by Gasteiger charge is 2.37. The maximum Gasteiger partial charge on any atom is 0.270 e. The molecule has 6 heteroatoms. The summed E-state index contributed by atoms with van der Waals surface area (Å²) in [7, 11) is 3.32. The molecule has 0 spiro atoms. The minimum absolute atomic E-state index is 0.0447. The van der Waals surface area contributed by atoms with Gasteiger partial charge >= 0.3 is 0 Å². The van der Waals surface area contributed by atoms with Gasteiger partial charge in [-0.2, -0.15) is 0 Å². The van der Waals surface area contributed by atoms with Crippen molar-refractivity contribution in [3.63, 3.8) is 0 Å². The van der Waals surface area contributed by atoms with E-state index in [1.54, 1.807) is 14.2 Å². The second-order valence-corrected chi connectivity index (χ2v) is 6.36. The van der Waals surface area contributed by atoms with Gasteiger partial charge in [0.05, 0.1) is 0 Å². The molecule has 2 fully saturated rings. The lowest BCUT2D eigenvalue weighted by atomic mass is 10.3. The van der Waals surface area contributed by atoms with Crippen molar-refractivity contribution in [2.75, 3.05) is 27.3 Å². The Balaban J connectivity index is 1.79. The van der Waals surface area contributed by atoms with Gasteiger partial charge in [-0.1, -0.05) is 0 Å². The molecule has 5 nitrogen and oxygen atoms in total. The average Bonchev–Trinajstić information content (AvgIpc) is 3.09. The van der Waals surface area contributed by atoms with Crippen LogP contribution in [0.3, 0.4) is 0 Å². The zero-order chi connectivity index (χ0) is 14.3. The van der Waals surface area contributed by atoms with Crippen molar-refractivity contribution in [2.45, 2.75) is 31.1 Å². The Bertz CT molecular complexity index is 501. The van der Waals surface area contributed by atoms with E-state index in [1.165, 1.54) is 0 Å². The first-order valence-electron chi connectivity index (χ1n) is 6.86. The fourth-order valence-corrected chi connectivity index (χ4v) is 3.23. The quantitative estimate of drug-likeness (QED) is 0.841. The minimum Gasteiger partial charge on any atom is -0.377 e. The number of ether oxygens (including phenoxy) is 2. The Labute approximate surface area is 127 Å². The van der Waals surface area contributed by atoms with E-state index >= 15 is 0 Å². The molecule has 0 N–H and O–H groups in total. The Morgan fingerprint density at radius 1 is 1.25 bits per heavy atom. The second kappa shape index (κ2) is 5.50. The van der Waals surface area contributed by atoms with E-state index in [0.717, 1.165) is 23.0 Å². The van der Waals surface area contributed by atoms with Crippen molar-refractivity contribution >= 4 is 21.8 Å². The third kappa shape index (κ3) is 2.52. The monoisotopic (exact) mass is 342 g/mol. The summed E-state index contributed by atoms with van der Waals surface area (Å²) in [5.74, 6) is 0.0594. The van der Waals surface area contributed by atoms with Crippen LogP contribution in [-0.4, -0.2) is 54.9 Å². The van der Waals surface area contributed by atoms with Crippen LogP contribution in [0.1, 0.15) is 29.4 Å². The van der Waals surface area contributed by atoms with Crippen molar-refractivity contribution in [3.05, 3.63) is 22.4 Å². The second-order valence-electron chi connectivity index (χ2n) is 5.44. The van der Waals surface area contributed by atoms with E-state index in [-0.39, 0.29) is 18.1 Å². The molecule has 1 aromatic heterocycles. The molecule has 1 saturated heterocycles. The number of hydrogen-bond donors (Lipinski definition) is 0. The highest BCUT2D eigenvalue weighted by atomic mass is 79.9. The van der Waals surface area contributed by atoms with Crippen LogP contribution < -0.4 is 0 Å². The maximum atomic E-state index is 12.7. The number of methoxy groups -OCH3 is 2. The van der Waals surface area contributed by atoms with Crippen molar-refractivity contribution in [1.29, 1.82) is 0 Å². The first-order valence-corrected chi connectivity index (χ1v) is 7.65. The Morgan fingerprint density at radius 3 is 2.35 bits per heavy atom. The molecule has 2 heterocycles. The number of nitrogens with zero attached hydrogens (tertiary/aromatic N) is 2. The van der Waals surface area contributed by atoms with Crippen LogP contribution >= 0.6 is 15.9 Å². The molecule has 0 radical (unpaired) electrons. The van der Waals surface area contributed by atoms with Crippen LogP contribution in [0.4, 0.5) is 0 Å². The van der Waals surface area contributed by atoms with Crippen molar-refractivity contribution in [3.8, 4) is 0 Å². The van der Waals surface area contributed by atoms with E-state index in [2.05, 4.69) is 20.5 Å². The third-order valence-electron chi connectivity index (χ3n) is 4.08. The highest BCUT2D eigenvalue weighted by Crippen LogP contribution is 2.38. The Hall–Kier alpha value is -0.850. The molecule has 1 aliphatic heterocycles. The largest absolute Gasteiger partial charge is 0.377 e. The van der Waals surface area contributed by atoms with Gasteiger partial charge in [-0.3, -0.25) is 4.79 Å². The zero-order valence-electron chi connectivity index (χ0n) is 11.7. The van der Waals surface area contributed by atoms with Gasteiger partial charge in [0.15, 0.2) is 0 Å². The molecule has 1 aliphatic carbocycles. The van der Waals surface area contributed by atoms with Crippen LogP contribution in [0.25, 0.3) is 0 Å². The fourth-order valence-electron chi connectivity index (χ4n) is 2.80. The van der Waals surface area contributed by atoms with Gasteiger partial charge in [-0.05, 0) is 34.8 Å². The van der Waals surface area contributed by atoms with E-state index in [1.807, 2.05) is 17.2 Å². The van der Waals surface area contributed by atoms with Gasteiger partial charge in [-0.25, -0.2) is 0 Å². The van der Waals surface area contributed by atoms with Gasteiger partial charge in [-0.15, -0.1) is 0 Å². The number of likely N-dealkylation sites (tertiary alicyclic amines) is 1. The summed E-state index contributed by atoms with van der Waals surface area (Å²) in [4.78, 5) is 14.5. The van der Waals surface area contributed by atoms with Gasteiger partial charge in [0.25, 0.3) is 5.91 Å². The van der Waals surface area contributed by atoms with E-state index in [0.29, 0.717) is 19.1 Å². The highest BCUT2D eigenvalue weighted by molar-refractivity contribution is 9.10. The molecule has 1 amide bonds. The molecule has 3 rings (SSSR count). The van der Waals surface area contributed by atoms with Crippen LogP contribution in [0, 0.1) is 0 Å². The summed E-state index contributed by atoms with van der Waals surface area (Å²) in [5.41, 5.74) is 0.756. The summed E-state index contributed by atoms with van der Waals surface area (Å²) < 4.78 is 13.8. The summed E-state index contributed by atoms with van der Waals surface area (Å²) >= 11 is 3.47. The molecule has 0 aromatic carbocycles. The average molecular weight is 343 g/mol. The number of carbonyl (C=O) groups excluding carboxylic acids is 1. The number of rotatable bonds is 4. The predicted octanol–water partition coefficient (Wildman–Crippen LogP) is 2.07. The normalized spacial score (nSPS) is 26.2. The smallest absolute Gasteiger partial charge is 0.270 e. The van der Waals surface area contributed by atoms with Crippen molar-refractivity contribution in [2.24, 2.45) is 0 Å². The number of halogens is 1. The van der Waals surface area contributed by atoms with Crippen LogP contribution in [-0.2, 0) is 9.47 Å². The zero-order valence-corrected chi connectivity index (χ0v) is 13.3. The molecular formula is C14H19BrN2O3. The summed E-state index contributed by atoms with van der Waals surface area (Å²) in [6, 6.07) is 2.39. The SMILES string of the molecule is COC1CN(C(=O)c2cc(Br)cn2C2CC2)CC1OC. The molecule has 1 saturated carbocycles. The predicted molar refractivity (Wildman–Crippen MR) is 77.9 cm³/mol. The lowest BCUT2D eigenvalue weighted by Gasteiger charge is -2.17. The van der Waals surface area contributed by atoms with Crippen LogP contribution in [0.2, 0.25) is 0 Å². The molecule has 1 aromatic rings. The lowest BCUT2D eigenvalue weighted by Crippen LogP contribution is -2.31. The van der Waals surface area contributed by atoms with E-state index in [9.17, 15) is 4.79 Å². The summed E-state index contributed by atoms with van der Waals surface area (Å²) in [5, 5.41) is 0. The number of amides is 1. The van der Waals surface area contributed by atoms with Crippen LogP contribution in [0.15, 0.2) is 16.7 Å². The van der Waals surface area contributed by atoms with E-state index in [4.69, 9.17) is 9.47 Å². The number of hydrogen-bond acceptors (Lipinski definition) is 3. The summed E-state index contributed by atoms with van der Waals surface area (Å²) in [6.45, 7) is 1.17. The molecule has 2 aliphatic rings. The molecule has 2 atom stereocenters.